The molecule has 1 aliphatic rings. The van der Waals surface area contributed by atoms with Crippen LogP contribution in [-0.2, 0) is 7.05 Å². The van der Waals surface area contributed by atoms with Crippen LogP contribution in [0, 0.1) is 20.8 Å². The van der Waals surface area contributed by atoms with Crippen molar-refractivity contribution in [3.63, 3.8) is 0 Å². The maximum Gasteiger partial charge on any atom is 0.329 e. The van der Waals surface area contributed by atoms with Crippen LogP contribution in [-0.4, -0.2) is 53.6 Å². The summed E-state index contributed by atoms with van der Waals surface area (Å²) < 4.78 is 1.49. The van der Waals surface area contributed by atoms with Crippen LogP contribution in [0.1, 0.15) is 27.0 Å². The zero-order valence-electron chi connectivity index (χ0n) is 24.2. The Kier molecular flexibility index (Phi) is 7.36. The van der Waals surface area contributed by atoms with E-state index in [1.165, 1.54) is 9.47 Å². The number of carbonyl (C=O) groups is 2. The van der Waals surface area contributed by atoms with Crippen molar-refractivity contribution in [1.29, 1.82) is 0 Å². The molecular formula is C32H34N6O3. The molecule has 9 nitrogen and oxygen atoms in total. The summed E-state index contributed by atoms with van der Waals surface area (Å²) in [5.74, 6) is 0.0660. The lowest BCUT2D eigenvalue weighted by atomic mass is 10.0. The maximum absolute atomic E-state index is 13.5. The molecule has 0 bridgehead atoms. The van der Waals surface area contributed by atoms with Crippen molar-refractivity contribution in [1.82, 2.24) is 14.5 Å². The molecule has 1 aromatic heterocycles. The van der Waals surface area contributed by atoms with E-state index in [9.17, 15) is 14.4 Å². The zero-order valence-corrected chi connectivity index (χ0v) is 24.2. The first-order chi connectivity index (χ1) is 19.5. The smallest absolute Gasteiger partial charge is 0.329 e. The molecule has 5 rings (SSSR count). The molecule has 3 aromatic carbocycles. The van der Waals surface area contributed by atoms with E-state index in [1.807, 2.05) is 56.0 Å². The van der Waals surface area contributed by atoms with Crippen LogP contribution in [0.15, 0.2) is 71.7 Å². The van der Waals surface area contributed by atoms with Crippen LogP contribution >= 0.6 is 0 Å². The Balaban J connectivity index is 1.44. The van der Waals surface area contributed by atoms with Gasteiger partial charge in [0.15, 0.2) is 5.82 Å². The van der Waals surface area contributed by atoms with E-state index in [2.05, 4.69) is 16.4 Å². The van der Waals surface area contributed by atoms with Crippen molar-refractivity contribution in [2.75, 3.05) is 42.3 Å². The normalized spacial score (nSPS) is 13.1. The lowest BCUT2D eigenvalue weighted by Gasteiger charge is -2.22. The Morgan fingerprint density at radius 2 is 1.56 bits per heavy atom. The Hall–Kier alpha value is -4.92. The van der Waals surface area contributed by atoms with Crippen LogP contribution in [0.25, 0.3) is 11.3 Å². The van der Waals surface area contributed by atoms with E-state index in [4.69, 9.17) is 0 Å². The molecule has 210 valence electrons. The minimum atomic E-state index is -0.283. The van der Waals surface area contributed by atoms with Crippen LogP contribution in [0.3, 0.4) is 0 Å². The monoisotopic (exact) mass is 550 g/mol. The van der Waals surface area contributed by atoms with Crippen LogP contribution in [0.2, 0.25) is 0 Å². The third kappa shape index (κ3) is 5.43. The fourth-order valence-electron chi connectivity index (χ4n) is 5.21. The summed E-state index contributed by atoms with van der Waals surface area (Å²) in [6, 6.07) is 18.8. The molecule has 1 fully saturated rings. The molecule has 9 heteroatoms. The van der Waals surface area contributed by atoms with Crippen molar-refractivity contribution in [3.8, 4) is 11.3 Å². The van der Waals surface area contributed by atoms with Gasteiger partial charge in [0.2, 0.25) is 0 Å². The average Bonchev–Trinajstić information content (AvgIpc) is 3.31. The summed E-state index contributed by atoms with van der Waals surface area (Å²) in [6.07, 6.45) is 1.70. The lowest BCUT2D eigenvalue weighted by Crippen LogP contribution is -2.32. The first kappa shape index (κ1) is 27.6. The highest BCUT2D eigenvalue weighted by atomic mass is 16.2. The molecule has 0 spiro atoms. The molecule has 0 atom stereocenters. The third-order valence-electron chi connectivity index (χ3n) is 7.27. The number of carbonyl (C=O) groups excluding carboxylic acids is 2. The van der Waals surface area contributed by atoms with Crippen LogP contribution in [0.5, 0.6) is 0 Å². The van der Waals surface area contributed by atoms with Gasteiger partial charge in [0.25, 0.3) is 11.5 Å². The minimum absolute atomic E-state index is 0.0674. The standard InChI is InChI=1S/C32H34N6O3/c1-20-16-21(2)18-25(17-20)37-14-15-38(32(37)41)28-9-7-8-26(22(28)3)27-19-36(6)31(40)29(34-27)33-24-12-10-23(11-13-24)30(39)35(4)5/h7-13,16-19H,14-15H2,1-6H3,(H,33,34). The second-order valence-electron chi connectivity index (χ2n) is 10.7. The number of hydrogen-bond acceptors (Lipinski definition) is 5. The molecule has 41 heavy (non-hydrogen) atoms. The quantitative estimate of drug-likeness (QED) is 0.354. The maximum atomic E-state index is 13.5. The highest BCUT2D eigenvalue weighted by molar-refractivity contribution is 6.07. The Labute approximate surface area is 239 Å². The van der Waals surface area contributed by atoms with Crippen molar-refractivity contribution in [2.45, 2.75) is 20.8 Å². The summed E-state index contributed by atoms with van der Waals surface area (Å²) in [6.45, 7) is 7.20. The molecule has 0 aliphatic carbocycles. The molecule has 1 aliphatic heterocycles. The molecular weight excluding hydrogens is 516 g/mol. The number of nitrogens with one attached hydrogen (secondary N) is 1. The predicted octanol–water partition coefficient (Wildman–Crippen LogP) is 5.26. The fourth-order valence-corrected chi connectivity index (χ4v) is 5.21. The van der Waals surface area contributed by atoms with E-state index in [0.29, 0.717) is 30.0 Å². The third-order valence-corrected chi connectivity index (χ3v) is 7.27. The van der Waals surface area contributed by atoms with E-state index in [-0.39, 0.29) is 23.3 Å². The Morgan fingerprint density at radius 1 is 0.902 bits per heavy atom. The number of rotatable bonds is 6. The lowest BCUT2D eigenvalue weighted by molar-refractivity contribution is 0.0827. The summed E-state index contributed by atoms with van der Waals surface area (Å²) in [7, 11) is 5.08. The Morgan fingerprint density at radius 3 is 2.22 bits per heavy atom. The molecule has 1 N–H and O–H groups in total. The highest BCUT2D eigenvalue weighted by Gasteiger charge is 2.32. The number of nitrogens with zero attached hydrogens (tertiary/aromatic N) is 5. The van der Waals surface area contributed by atoms with E-state index in [1.54, 1.807) is 56.5 Å². The number of aromatic nitrogens is 2. The SMILES string of the molecule is Cc1cc(C)cc(N2CCN(c3cccc(-c4cn(C)c(=O)c(Nc5ccc(C(=O)N(C)C)cc5)n4)c3C)C2=O)c1. The second-order valence-corrected chi connectivity index (χ2v) is 10.7. The van der Waals surface area contributed by atoms with Crippen molar-refractivity contribution in [2.24, 2.45) is 7.05 Å². The molecule has 3 amide bonds. The number of benzene rings is 3. The number of aryl methyl sites for hydroxylation is 3. The highest BCUT2D eigenvalue weighted by Crippen LogP contribution is 2.33. The van der Waals surface area contributed by atoms with Crippen molar-refractivity contribution in [3.05, 3.63) is 99.5 Å². The summed E-state index contributed by atoms with van der Waals surface area (Å²) in [5.41, 5.74) is 7.18. The number of anilines is 4. The molecule has 0 saturated carbocycles. The van der Waals surface area contributed by atoms with E-state index in [0.717, 1.165) is 33.6 Å². The van der Waals surface area contributed by atoms with Gasteiger partial charge in [-0.2, -0.15) is 0 Å². The summed E-state index contributed by atoms with van der Waals surface area (Å²) in [5, 5.41) is 3.11. The predicted molar refractivity (Wildman–Crippen MR) is 163 cm³/mol. The first-order valence-electron chi connectivity index (χ1n) is 13.5. The van der Waals surface area contributed by atoms with Crippen LogP contribution < -0.4 is 20.7 Å². The largest absolute Gasteiger partial charge is 0.345 e. The molecule has 2 heterocycles. The van der Waals surface area contributed by atoms with Gasteiger partial charge in [0.1, 0.15) is 0 Å². The van der Waals surface area contributed by atoms with Gasteiger partial charge in [-0.15, -0.1) is 0 Å². The zero-order chi connectivity index (χ0) is 29.4. The van der Waals surface area contributed by atoms with Gasteiger partial charge in [0, 0.05) is 68.6 Å². The van der Waals surface area contributed by atoms with Crippen LogP contribution in [0.4, 0.5) is 27.7 Å². The summed E-state index contributed by atoms with van der Waals surface area (Å²) in [4.78, 5) is 48.5. The van der Waals surface area contributed by atoms with E-state index < -0.39 is 0 Å². The fraction of sp³-hybridized carbons (Fsp3) is 0.250. The van der Waals surface area contributed by atoms with Crippen molar-refractivity contribution < 1.29 is 9.59 Å². The topological polar surface area (TPSA) is 90.8 Å². The first-order valence-corrected chi connectivity index (χ1v) is 13.5. The molecule has 0 radical (unpaired) electrons. The van der Waals surface area contributed by atoms with Gasteiger partial charge in [-0.25, -0.2) is 9.78 Å². The van der Waals surface area contributed by atoms with Gasteiger partial charge in [0.05, 0.1) is 5.69 Å². The average molecular weight is 551 g/mol. The summed E-state index contributed by atoms with van der Waals surface area (Å²) >= 11 is 0. The number of amides is 3. The number of urea groups is 1. The van der Waals surface area contributed by atoms with E-state index >= 15 is 0 Å². The van der Waals surface area contributed by atoms with Gasteiger partial charge in [-0.3, -0.25) is 19.4 Å². The van der Waals surface area contributed by atoms with Gasteiger partial charge in [-0.1, -0.05) is 18.2 Å². The minimum Gasteiger partial charge on any atom is -0.345 e. The van der Waals surface area contributed by atoms with Gasteiger partial charge in [-0.05, 0) is 79.9 Å². The Bertz CT molecular complexity index is 1690. The molecule has 4 aromatic rings. The molecule has 0 unspecified atom stereocenters. The van der Waals surface area contributed by atoms with Gasteiger partial charge >= 0.3 is 6.03 Å². The van der Waals surface area contributed by atoms with Gasteiger partial charge < -0.3 is 14.8 Å². The molecule has 1 saturated heterocycles. The van der Waals surface area contributed by atoms with Crippen molar-refractivity contribution >= 4 is 34.8 Å². The number of hydrogen-bond donors (Lipinski definition) is 1. The second kappa shape index (κ2) is 10.9.